The van der Waals surface area contributed by atoms with Crippen LogP contribution in [0.25, 0.3) is 0 Å². The zero-order chi connectivity index (χ0) is 12.4. The maximum Gasteiger partial charge on any atom is 0.259 e. The summed E-state index contributed by atoms with van der Waals surface area (Å²) in [6, 6.07) is 4.12. The van der Waals surface area contributed by atoms with Crippen LogP contribution in [0.5, 0.6) is 11.5 Å². The van der Waals surface area contributed by atoms with Crippen LogP contribution in [0.3, 0.4) is 0 Å². The summed E-state index contributed by atoms with van der Waals surface area (Å²) in [6.07, 6.45) is 0.688. The van der Waals surface area contributed by atoms with E-state index in [9.17, 15) is 15.0 Å². The lowest BCUT2D eigenvalue weighted by Crippen LogP contribution is -2.39. The number of carbonyl (C=O) groups is 1. The van der Waals surface area contributed by atoms with Crippen molar-refractivity contribution in [1.82, 2.24) is 5.32 Å². The Bertz CT molecular complexity index is 412. The molecule has 2 rings (SSSR count). The van der Waals surface area contributed by atoms with Crippen molar-refractivity contribution >= 4 is 5.91 Å². The van der Waals surface area contributed by atoms with Gasteiger partial charge in [-0.05, 0) is 25.5 Å². The van der Waals surface area contributed by atoms with E-state index in [1.54, 1.807) is 0 Å². The van der Waals surface area contributed by atoms with Gasteiger partial charge in [0, 0.05) is 6.61 Å². The van der Waals surface area contributed by atoms with Crippen LogP contribution in [0.4, 0.5) is 0 Å². The number of ether oxygens (including phenoxy) is 1. The van der Waals surface area contributed by atoms with E-state index >= 15 is 0 Å². The molecule has 5 heteroatoms. The first-order chi connectivity index (χ1) is 8.09. The van der Waals surface area contributed by atoms with Gasteiger partial charge in [0.2, 0.25) is 0 Å². The summed E-state index contributed by atoms with van der Waals surface area (Å²) in [5.41, 5.74) is -0.0911. The Hall–Kier alpha value is -1.75. The molecule has 1 amide bonds. The number of carbonyl (C=O) groups excluding carboxylic acids is 1. The smallest absolute Gasteiger partial charge is 0.259 e. The second-order valence-corrected chi connectivity index (χ2v) is 4.12. The highest BCUT2D eigenvalue weighted by Crippen LogP contribution is 2.26. The number of amides is 1. The van der Waals surface area contributed by atoms with Crippen molar-refractivity contribution in [3.63, 3.8) is 0 Å². The van der Waals surface area contributed by atoms with Crippen LogP contribution in [0.1, 0.15) is 23.7 Å². The fourth-order valence-electron chi connectivity index (χ4n) is 1.92. The molecule has 1 heterocycles. The van der Waals surface area contributed by atoms with Crippen LogP contribution in [-0.4, -0.2) is 34.9 Å². The fraction of sp³-hybridized carbons (Fsp3) is 0.417. The molecule has 1 fully saturated rings. The molecule has 1 aromatic rings. The van der Waals surface area contributed by atoms with Gasteiger partial charge in [0.15, 0.2) is 0 Å². The van der Waals surface area contributed by atoms with Crippen molar-refractivity contribution in [2.45, 2.75) is 25.5 Å². The Balaban J connectivity index is 2.14. The van der Waals surface area contributed by atoms with Gasteiger partial charge in [-0.15, -0.1) is 0 Å². The van der Waals surface area contributed by atoms with Gasteiger partial charge in [-0.25, -0.2) is 0 Å². The molecule has 1 aliphatic heterocycles. The van der Waals surface area contributed by atoms with Crippen molar-refractivity contribution in [2.24, 2.45) is 0 Å². The summed E-state index contributed by atoms with van der Waals surface area (Å²) in [4.78, 5) is 11.9. The monoisotopic (exact) mass is 237 g/mol. The Morgan fingerprint density at radius 1 is 1.41 bits per heavy atom. The lowest BCUT2D eigenvalue weighted by molar-refractivity contribution is 0.0861. The van der Waals surface area contributed by atoms with Gasteiger partial charge < -0.3 is 20.3 Å². The third-order valence-corrected chi connectivity index (χ3v) is 2.94. The van der Waals surface area contributed by atoms with E-state index in [-0.39, 0.29) is 29.2 Å². The Morgan fingerprint density at radius 3 is 2.59 bits per heavy atom. The molecule has 0 spiro atoms. The highest BCUT2D eigenvalue weighted by Gasteiger charge is 2.27. The van der Waals surface area contributed by atoms with Gasteiger partial charge in [-0.3, -0.25) is 4.79 Å². The third kappa shape index (κ3) is 2.34. The number of phenols is 2. The van der Waals surface area contributed by atoms with Gasteiger partial charge in [-0.1, -0.05) is 6.07 Å². The summed E-state index contributed by atoms with van der Waals surface area (Å²) in [5.74, 6) is -0.939. The van der Waals surface area contributed by atoms with Gasteiger partial charge in [-0.2, -0.15) is 0 Å². The molecular formula is C12H15NO4. The molecule has 2 unspecified atom stereocenters. The van der Waals surface area contributed by atoms with Gasteiger partial charge in [0.1, 0.15) is 17.1 Å². The number of aromatic hydroxyl groups is 2. The molecule has 3 N–H and O–H groups in total. The number of hydrogen-bond acceptors (Lipinski definition) is 4. The van der Waals surface area contributed by atoms with E-state index in [1.165, 1.54) is 18.2 Å². The standard InChI is InChI=1S/C12H15NO4/c1-7-8(5-6-17-7)13-12(16)11-9(14)3-2-4-10(11)15/h2-4,7-8,14-15H,5-6H2,1H3,(H,13,16). The van der Waals surface area contributed by atoms with E-state index < -0.39 is 5.91 Å². The molecule has 0 aromatic heterocycles. The molecule has 0 saturated carbocycles. The van der Waals surface area contributed by atoms with Crippen LogP contribution in [-0.2, 0) is 4.74 Å². The molecule has 1 aliphatic rings. The SMILES string of the molecule is CC1OCCC1NC(=O)c1c(O)cccc1O. The second-order valence-electron chi connectivity index (χ2n) is 4.12. The first-order valence-corrected chi connectivity index (χ1v) is 5.53. The minimum atomic E-state index is -0.483. The van der Waals surface area contributed by atoms with E-state index in [4.69, 9.17) is 4.74 Å². The van der Waals surface area contributed by atoms with E-state index in [1.807, 2.05) is 6.92 Å². The largest absolute Gasteiger partial charge is 0.507 e. The fourth-order valence-corrected chi connectivity index (χ4v) is 1.92. The minimum absolute atomic E-state index is 0.0491. The Morgan fingerprint density at radius 2 is 2.06 bits per heavy atom. The summed E-state index contributed by atoms with van der Waals surface area (Å²) in [7, 11) is 0. The number of nitrogens with one attached hydrogen (secondary N) is 1. The van der Waals surface area contributed by atoms with Crippen LogP contribution in [0, 0.1) is 0 Å². The lowest BCUT2D eigenvalue weighted by atomic mass is 10.1. The topological polar surface area (TPSA) is 78.8 Å². The normalized spacial score (nSPS) is 23.6. The Labute approximate surface area is 99.0 Å². The van der Waals surface area contributed by atoms with Crippen molar-refractivity contribution in [3.8, 4) is 11.5 Å². The lowest BCUT2D eigenvalue weighted by Gasteiger charge is -2.16. The average Bonchev–Trinajstić information content (AvgIpc) is 2.64. The molecule has 92 valence electrons. The average molecular weight is 237 g/mol. The molecule has 0 radical (unpaired) electrons. The molecule has 0 bridgehead atoms. The maximum atomic E-state index is 11.9. The number of hydrogen-bond donors (Lipinski definition) is 3. The Kier molecular flexibility index (Phi) is 3.19. The molecule has 17 heavy (non-hydrogen) atoms. The van der Waals surface area contributed by atoms with Crippen molar-refractivity contribution < 1.29 is 19.7 Å². The predicted octanol–water partition coefficient (Wildman–Crippen LogP) is 1.01. The molecule has 1 saturated heterocycles. The zero-order valence-electron chi connectivity index (χ0n) is 9.51. The molecule has 5 nitrogen and oxygen atoms in total. The van der Waals surface area contributed by atoms with Crippen molar-refractivity contribution in [3.05, 3.63) is 23.8 Å². The van der Waals surface area contributed by atoms with E-state index in [0.717, 1.165) is 6.42 Å². The van der Waals surface area contributed by atoms with Gasteiger partial charge in [0.05, 0.1) is 12.1 Å². The molecule has 1 aromatic carbocycles. The summed E-state index contributed by atoms with van der Waals surface area (Å²) in [5, 5.41) is 21.8. The molecule has 0 aliphatic carbocycles. The summed E-state index contributed by atoms with van der Waals surface area (Å²) >= 11 is 0. The zero-order valence-corrected chi connectivity index (χ0v) is 9.51. The number of benzene rings is 1. The quantitative estimate of drug-likeness (QED) is 0.717. The first-order valence-electron chi connectivity index (χ1n) is 5.53. The van der Waals surface area contributed by atoms with Gasteiger partial charge >= 0.3 is 0 Å². The molecular weight excluding hydrogens is 222 g/mol. The first kappa shape index (κ1) is 11.7. The van der Waals surface area contributed by atoms with Crippen molar-refractivity contribution in [1.29, 1.82) is 0 Å². The highest BCUT2D eigenvalue weighted by molar-refractivity contribution is 5.99. The van der Waals surface area contributed by atoms with Crippen molar-refractivity contribution in [2.75, 3.05) is 6.61 Å². The van der Waals surface area contributed by atoms with Crippen LogP contribution < -0.4 is 5.32 Å². The number of rotatable bonds is 2. The van der Waals surface area contributed by atoms with Crippen LogP contribution in [0.15, 0.2) is 18.2 Å². The number of phenolic OH excluding ortho intramolecular Hbond substituents is 2. The highest BCUT2D eigenvalue weighted by atomic mass is 16.5. The minimum Gasteiger partial charge on any atom is -0.507 e. The maximum absolute atomic E-state index is 11.9. The van der Waals surface area contributed by atoms with E-state index in [2.05, 4.69) is 5.32 Å². The summed E-state index contributed by atoms with van der Waals surface area (Å²) in [6.45, 7) is 2.49. The van der Waals surface area contributed by atoms with Crippen LogP contribution >= 0.6 is 0 Å². The predicted molar refractivity (Wildman–Crippen MR) is 61.1 cm³/mol. The van der Waals surface area contributed by atoms with Gasteiger partial charge in [0.25, 0.3) is 5.91 Å². The van der Waals surface area contributed by atoms with E-state index in [0.29, 0.717) is 6.61 Å². The summed E-state index contributed by atoms with van der Waals surface area (Å²) < 4.78 is 5.32. The molecule has 2 atom stereocenters. The second kappa shape index (κ2) is 4.63. The van der Waals surface area contributed by atoms with Crippen LogP contribution in [0.2, 0.25) is 0 Å². The third-order valence-electron chi connectivity index (χ3n) is 2.94.